The number of pyridine rings is 4. The summed E-state index contributed by atoms with van der Waals surface area (Å²) in [6, 6.07) is 9.81. The average Bonchev–Trinajstić information content (AvgIpc) is 2.90. The van der Waals surface area contributed by atoms with Gasteiger partial charge in [0.25, 0.3) is 5.56 Å². The number of methoxy groups -OCH3 is 1. The molecule has 198 valence electrons. The van der Waals surface area contributed by atoms with Crippen molar-refractivity contribution in [3.8, 4) is 5.88 Å². The van der Waals surface area contributed by atoms with Gasteiger partial charge in [-0.05, 0) is 93.3 Å². The van der Waals surface area contributed by atoms with Crippen molar-refractivity contribution in [2.45, 2.75) is 64.1 Å². The van der Waals surface area contributed by atoms with Crippen LogP contribution in [0.25, 0.3) is 11.0 Å². The quantitative estimate of drug-likeness (QED) is 0.307. The van der Waals surface area contributed by atoms with E-state index in [0.29, 0.717) is 22.8 Å². The van der Waals surface area contributed by atoms with E-state index in [0.717, 1.165) is 48.3 Å². The fraction of sp³-hybridized carbons (Fsp3) is 0.379. The Labute approximate surface area is 218 Å². The van der Waals surface area contributed by atoms with Gasteiger partial charge in [-0.1, -0.05) is 0 Å². The van der Waals surface area contributed by atoms with Crippen LogP contribution in [-0.2, 0) is 12.7 Å². The first-order chi connectivity index (χ1) is 18.2. The van der Waals surface area contributed by atoms with Gasteiger partial charge >= 0.3 is 6.18 Å². The Hall–Kier alpha value is -3.75. The van der Waals surface area contributed by atoms with E-state index >= 15 is 0 Å². The van der Waals surface area contributed by atoms with Gasteiger partial charge in [-0.2, -0.15) is 13.2 Å². The summed E-state index contributed by atoms with van der Waals surface area (Å²) >= 11 is 0. The minimum atomic E-state index is -4.58. The van der Waals surface area contributed by atoms with Gasteiger partial charge in [0.2, 0.25) is 5.88 Å². The lowest BCUT2D eigenvalue weighted by molar-refractivity contribution is -0.138. The number of hydrogen-bond acceptors (Lipinski definition) is 5. The summed E-state index contributed by atoms with van der Waals surface area (Å²) in [4.78, 5) is 26.7. The molecule has 0 radical (unpaired) electrons. The highest BCUT2D eigenvalue weighted by atomic mass is 19.4. The van der Waals surface area contributed by atoms with Crippen molar-refractivity contribution in [3.05, 3.63) is 92.8 Å². The smallest absolute Gasteiger partial charge is 0.418 e. The van der Waals surface area contributed by atoms with Gasteiger partial charge in [-0.3, -0.25) is 14.3 Å². The molecule has 0 N–H and O–H groups in total. The van der Waals surface area contributed by atoms with Crippen molar-refractivity contribution >= 4 is 11.0 Å². The molecule has 1 aliphatic carbocycles. The molecular weight excluding hydrogens is 493 g/mol. The second-order valence-corrected chi connectivity index (χ2v) is 9.95. The molecule has 38 heavy (non-hydrogen) atoms. The summed E-state index contributed by atoms with van der Waals surface area (Å²) in [6.45, 7) is 3.53. The monoisotopic (exact) mass is 522 g/mol. The van der Waals surface area contributed by atoms with Crippen LogP contribution in [-0.4, -0.2) is 26.6 Å². The Morgan fingerprint density at radius 1 is 1.00 bits per heavy atom. The molecule has 0 atom stereocenters. The van der Waals surface area contributed by atoms with Gasteiger partial charge in [-0.15, -0.1) is 0 Å². The van der Waals surface area contributed by atoms with E-state index in [-0.39, 0.29) is 29.6 Å². The molecule has 0 aromatic carbocycles. The summed E-state index contributed by atoms with van der Waals surface area (Å²) in [5, 5.41) is 0.724. The van der Waals surface area contributed by atoms with Gasteiger partial charge in [0.15, 0.2) is 0 Å². The predicted molar refractivity (Wildman–Crippen MR) is 139 cm³/mol. The van der Waals surface area contributed by atoms with E-state index < -0.39 is 11.7 Å². The van der Waals surface area contributed by atoms with Gasteiger partial charge in [0, 0.05) is 34.6 Å². The Morgan fingerprint density at radius 3 is 2.45 bits per heavy atom. The van der Waals surface area contributed by atoms with Gasteiger partial charge in [0.05, 0.1) is 24.9 Å². The van der Waals surface area contributed by atoms with Gasteiger partial charge in [-0.25, -0.2) is 9.97 Å². The molecule has 1 fully saturated rings. The number of hydrogen-bond donors (Lipinski definition) is 0. The highest BCUT2D eigenvalue weighted by Gasteiger charge is 2.34. The average molecular weight is 523 g/mol. The van der Waals surface area contributed by atoms with Crippen LogP contribution in [0, 0.1) is 13.8 Å². The zero-order valence-corrected chi connectivity index (χ0v) is 21.5. The lowest BCUT2D eigenvalue weighted by Gasteiger charge is -2.30. The fourth-order valence-corrected chi connectivity index (χ4v) is 5.67. The van der Waals surface area contributed by atoms with E-state index in [1.807, 2.05) is 24.3 Å². The Morgan fingerprint density at radius 2 is 1.74 bits per heavy atom. The summed E-state index contributed by atoms with van der Waals surface area (Å²) in [6.07, 6.45) is 1.75. The van der Waals surface area contributed by atoms with Gasteiger partial charge < -0.3 is 4.74 Å². The molecule has 5 rings (SSSR count). The number of nitrogens with zero attached hydrogens (tertiary/aromatic N) is 4. The number of fused-ring (bicyclic) bond motifs is 1. The van der Waals surface area contributed by atoms with Crippen LogP contribution in [0.3, 0.4) is 0 Å². The summed E-state index contributed by atoms with van der Waals surface area (Å²) in [5.41, 5.74) is 2.53. The molecule has 4 aromatic heterocycles. The largest absolute Gasteiger partial charge is 0.481 e. The third-order valence-corrected chi connectivity index (χ3v) is 7.55. The van der Waals surface area contributed by atoms with E-state index in [4.69, 9.17) is 4.74 Å². The van der Waals surface area contributed by atoms with Crippen molar-refractivity contribution in [3.63, 3.8) is 0 Å². The topological polar surface area (TPSA) is 69.9 Å². The molecule has 9 heteroatoms. The van der Waals surface area contributed by atoms with Gasteiger partial charge in [0.1, 0.15) is 5.65 Å². The standard InChI is InChI=1S/C29H29F3N4O2/c1-17-12-14-34-27(38-3)25(17)20-10-8-19(9-11-20)22-15-21-7-6-18(2)35-26(21)36(28(22)37)16-24-23(29(30,31)32)5-4-13-33-24/h4-7,12-15,19-20H,8-11,16H2,1-3H3/t19-,20-. The number of rotatable bonds is 5. The first kappa shape index (κ1) is 25.9. The van der Waals surface area contributed by atoms with Crippen LogP contribution < -0.4 is 10.3 Å². The zero-order valence-electron chi connectivity index (χ0n) is 21.5. The molecule has 1 saturated carbocycles. The fourth-order valence-electron chi connectivity index (χ4n) is 5.67. The van der Waals surface area contributed by atoms with Crippen molar-refractivity contribution in [1.82, 2.24) is 19.5 Å². The second kappa shape index (κ2) is 10.2. The maximum absolute atomic E-state index is 13.8. The molecule has 0 unspecified atom stereocenters. The maximum Gasteiger partial charge on any atom is 0.418 e. The van der Waals surface area contributed by atoms with E-state index in [1.165, 1.54) is 16.8 Å². The second-order valence-electron chi connectivity index (χ2n) is 9.95. The van der Waals surface area contributed by atoms with Crippen LogP contribution >= 0.6 is 0 Å². The van der Waals surface area contributed by atoms with Crippen molar-refractivity contribution in [2.75, 3.05) is 7.11 Å². The number of ether oxygens (including phenoxy) is 1. The highest BCUT2D eigenvalue weighted by molar-refractivity contribution is 5.76. The van der Waals surface area contributed by atoms with E-state index in [9.17, 15) is 18.0 Å². The molecule has 0 amide bonds. The Kier molecular flexibility index (Phi) is 6.94. The highest BCUT2D eigenvalue weighted by Crippen LogP contribution is 2.43. The minimum Gasteiger partial charge on any atom is -0.481 e. The molecule has 0 spiro atoms. The molecule has 4 heterocycles. The lowest BCUT2D eigenvalue weighted by Crippen LogP contribution is -2.29. The summed E-state index contributed by atoms with van der Waals surface area (Å²) in [7, 11) is 1.62. The zero-order chi connectivity index (χ0) is 27.0. The van der Waals surface area contributed by atoms with Crippen LogP contribution in [0.4, 0.5) is 13.2 Å². The minimum absolute atomic E-state index is 0.00973. The van der Waals surface area contributed by atoms with E-state index in [1.54, 1.807) is 20.2 Å². The van der Waals surface area contributed by atoms with Crippen LogP contribution in [0.2, 0.25) is 0 Å². The Bertz CT molecular complexity index is 1540. The molecule has 0 saturated heterocycles. The van der Waals surface area contributed by atoms with Crippen LogP contribution in [0.1, 0.15) is 71.2 Å². The first-order valence-electron chi connectivity index (χ1n) is 12.7. The lowest BCUT2D eigenvalue weighted by atomic mass is 9.75. The molecular formula is C29H29F3N4O2. The SMILES string of the molecule is COc1nccc(C)c1[C@H]1CC[C@H](c2cc3ccc(C)nc3n(Cc3ncccc3C(F)(F)F)c2=O)CC1. The third-order valence-electron chi connectivity index (χ3n) is 7.55. The predicted octanol–water partition coefficient (Wildman–Crippen LogP) is 6.32. The van der Waals surface area contributed by atoms with Crippen molar-refractivity contribution < 1.29 is 17.9 Å². The molecule has 0 bridgehead atoms. The molecule has 0 aliphatic heterocycles. The number of aryl methyl sites for hydroxylation is 2. The summed E-state index contributed by atoms with van der Waals surface area (Å²) < 4.78 is 48.0. The van der Waals surface area contributed by atoms with E-state index in [2.05, 4.69) is 21.9 Å². The molecule has 6 nitrogen and oxygen atoms in total. The maximum atomic E-state index is 13.8. The Balaban J connectivity index is 1.52. The summed E-state index contributed by atoms with van der Waals surface area (Å²) in [5.74, 6) is 0.896. The van der Waals surface area contributed by atoms with Crippen LogP contribution in [0.5, 0.6) is 5.88 Å². The first-order valence-corrected chi connectivity index (χ1v) is 12.7. The van der Waals surface area contributed by atoms with Crippen LogP contribution in [0.15, 0.2) is 53.6 Å². The number of alkyl halides is 3. The normalized spacial score (nSPS) is 18.1. The van der Waals surface area contributed by atoms with Crippen molar-refractivity contribution in [2.24, 2.45) is 0 Å². The number of aromatic nitrogens is 4. The number of halogens is 3. The van der Waals surface area contributed by atoms with Crippen molar-refractivity contribution in [1.29, 1.82) is 0 Å². The molecule has 4 aromatic rings. The third kappa shape index (κ3) is 4.89. The molecule has 1 aliphatic rings.